The SMILES string of the molecule is Cc1ccc2c(c1)CN(S(=O)(=O)C(F)(F)F)C[C@@H](CCC1CCCC1)N2Cc1cn(C)cn1. The minimum absolute atomic E-state index is 0.199. The summed E-state index contributed by atoms with van der Waals surface area (Å²) in [5, 5.41) is 0. The van der Waals surface area contributed by atoms with Crippen LogP contribution in [-0.4, -0.2) is 40.4 Å². The van der Waals surface area contributed by atoms with E-state index in [1.54, 1.807) is 12.4 Å². The van der Waals surface area contributed by atoms with Gasteiger partial charge in [-0.2, -0.15) is 17.5 Å². The minimum atomic E-state index is -5.45. The van der Waals surface area contributed by atoms with Crippen molar-refractivity contribution in [1.82, 2.24) is 13.9 Å². The van der Waals surface area contributed by atoms with Gasteiger partial charge in [-0.05, 0) is 37.3 Å². The van der Waals surface area contributed by atoms with Crippen LogP contribution >= 0.6 is 0 Å². The van der Waals surface area contributed by atoms with Gasteiger partial charge in [-0.15, -0.1) is 0 Å². The number of aryl methyl sites for hydroxylation is 2. The third kappa shape index (κ3) is 5.21. The maximum absolute atomic E-state index is 13.6. The van der Waals surface area contributed by atoms with Gasteiger partial charge in [0.05, 0.1) is 18.6 Å². The minimum Gasteiger partial charge on any atom is -0.361 e. The highest BCUT2D eigenvalue weighted by molar-refractivity contribution is 7.89. The molecule has 2 aromatic rings. The molecule has 1 aromatic carbocycles. The molecule has 0 N–H and O–H groups in total. The molecule has 182 valence electrons. The molecule has 0 radical (unpaired) electrons. The number of halogens is 3. The second-order valence-electron chi connectivity index (χ2n) is 9.42. The molecule has 1 fully saturated rings. The molecule has 10 heteroatoms. The summed E-state index contributed by atoms with van der Waals surface area (Å²) in [6.07, 6.45) is 9.72. The number of alkyl halides is 3. The first kappa shape index (κ1) is 24.1. The number of hydrogen-bond acceptors (Lipinski definition) is 4. The number of benzene rings is 1. The van der Waals surface area contributed by atoms with Gasteiger partial charge in [-0.1, -0.05) is 43.4 Å². The monoisotopic (exact) mass is 484 g/mol. The van der Waals surface area contributed by atoms with Crippen LogP contribution in [0.3, 0.4) is 0 Å². The Bertz CT molecular complexity index is 1080. The Labute approximate surface area is 193 Å². The fraction of sp³-hybridized carbons (Fsp3) is 0.609. The summed E-state index contributed by atoms with van der Waals surface area (Å²) in [6, 6.07) is 5.24. The Morgan fingerprint density at radius 1 is 1.15 bits per heavy atom. The number of rotatable bonds is 6. The van der Waals surface area contributed by atoms with Gasteiger partial charge in [0.25, 0.3) is 0 Å². The topological polar surface area (TPSA) is 58.4 Å². The number of hydrogen-bond donors (Lipinski definition) is 0. The highest BCUT2D eigenvalue weighted by atomic mass is 32.2. The predicted octanol–water partition coefficient (Wildman–Crippen LogP) is 4.74. The van der Waals surface area contributed by atoms with Gasteiger partial charge in [0, 0.05) is 38.1 Å². The van der Waals surface area contributed by atoms with Crippen LogP contribution in [0.5, 0.6) is 0 Å². The zero-order valence-corrected chi connectivity index (χ0v) is 19.9. The molecule has 4 rings (SSSR count). The first-order valence-electron chi connectivity index (χ1n) is 11.4. The summed E-state index contributed by atoms with van der Waals surface area (Å²) in [7, 11) is -3.59. The smallest absolute Gasteiger partial charge is 0.361 e. The Kier molecular flexibility index (Phi) is 6.77. The van der Waals surface area contributed by atoms with Crippen LogP contribution in [0.25, 0.3) is 0 Å². The van der Waals surface area contributed by atoms with Crippen LogP contribution in [0.1, 0.15) is 55.3 Å². The van der Waals surface area contributed by atoms with Crippen molar-refractivity contribution in [3.8, 4) is 0 Å². The first-order chi connectivity index (χ1) is 15.5. The van der Waals surface area contributed by atoms with Gasteiger partial charge < -0.3 is 9.47 Å². The maximum atomic E-state index is 13.6. The van der Waals surface area contributed by atoms with E-state index in [4.69, 9.17) is 0 Å². The molecule has 1 aliphatic carbocycles. The van der Waals surface area contributed by atoms with Crippen molar-refractivity contribution in [2.24, 2.45) is 13.0 Å². The number of aromatic nitrogens is 2. The standard InChI is InChI=1S/C23H31F3N4O2S/c1-17-7-10-22-19(11-17)12-29(33(31,32)23(24,25)26)15-21(9-8-18-5-3-4-6-18)30(22)14-20-13-28(2)16-27-20/h7,10-11,13,16,18,21H,3-6,8-9,12,14-15H2,1-2H3/t21-/m1/s1. The van der Waals surface area contributed by atoms with Crippen molar-refractivity contribution >= 4 is 15.7 Å². The molecule has 1 atom stereocenters. The molecule has 2 aliphatic rings. The molecule has 33 heavy (non-hydrogen) atoms. The fourth-order valence-corrected chi connectivity index (χ4v) is 6.12. The Balaban J connectivity index is 1.74. The summed E-state index contributed by atoms with van der Waals surface area (Å²) < 4.78 is 68.1. The third-order valence-electron chi connectivity index (χ3n) is 6.85. The fourth-order valence-electron chi connectivity index (χ4n) is 5.15. The normalized spacial score (nSPS) is 20.8. The quantitative estimate of drug-likeness (QED) is 0.594. The van der Waals surface area contributed by atoms with Crippen molar-refractivity contribution in [2.75, 3.05) is 11.4 Å². The van der Waals surface area contributed by atoms with Gasteiger partial charge >= 0.3 is 15.5 Å². The third-order valence-corrected chi connectivity index (χ3v) is 8.40. The lowest BCUT2D eigenvalue weighted by Crippen LogP contribution is -2.47. The van der Waals surface area contributed by atoms with Crippen molar-refractivity contribution in [2.45, 2.75) is 70.1 Å². The van der Waals surface area contributed by atoms with E-state index in [0.29, 0.717) is 28.8 Å². The molecular formula is C23H31F3N4O2S. The van der Waals surface area contributed by atoms with Crippen LogP contribution < -0.4 is 4.90 Å². The van der Waals surface area contributed by atoms with Crippen LogP contribution in [0.4, 0.5) is 18.9 Å². The van der Waals surface area contributed by atoms with E-state index in [1.807, 2.05) is 36.9 Å². The molecule has 1 aromatic heterocycles. The lowest BCUT2D eigenvalue weighted by Gasteiger charge is -2.34. The molecule has 0 saturated heterocycles. The van der Waals surface area contributed by atoms with E-state index in [2.05, 4.69) is 9.88 Å². The van der Waals surface area contributed by atoms with Crippen molar-refractivity contribution in [3.63, 3.8) is 0 Å². The molecular weight excluding hydrogens is 453 g/mol. The molecule has 1 aliphatic heterocycles. The number of imidazole rings is 1. The van der Waals surface area contributed by atoms with Crippen molar-refractivity contribution in [1.29, 1.82) is 0 Å². The molecule has 0 spiro atoms. The summed E-state index contributed by atoms with van der Waals surface area (Å²) in [5.74, 6) is 0.551. The molecule has 0 amide bonds. The largest absolute Gasteiger partial charge is 0.511 e. The van der Waals surface area contributed by atoms with E-state index >= 15 is 0 Å². The Hall–Kier alpha value is -2.07. The van der Waals surface area contributed by atoms with E-state index in [-0.39, 0.29) is 19.1 Å². The zero-order chi connectivity index (χ0) is 23.8. The van der Waals surface area contributed by atoms with E-state index in [1.165, 1.54) is 12.8 Å². The summed E-state index contributed by atoms with van der Waals surface area (Å²) in [6.45, 7) is 1.77. The number of nitrogens with zero attached hydrogens (tertiary/aromatic N) is 4. The summed E-state index contributed by atoms with van der Waals surface area (Å²) >= 11 is 0. The molecule has 2 heterocycles. The summed E-state index contributed by atoms with van der Waals surface area (Å²) in [5.41, 5.74) is -2.30. The van der Waals surface area contributed by atoms with Crippen molar-refractivity contribution in [3.05, 3.63) is 47.5 Å². The molecule has 0 bridgehead atoms. The lowest BCUT2D eigenvalue weighted by atomic mass is 9.97. The van der Waals surface area contributed by atoms with Gasteiger partial charge in [0.15, 0.2) is 0 Å². The highest BCUT2D eigenvalue weighted by Crippen LogP contribution is 2.37. The molecule has 1 saturated carbocycles. The van der Waals surface area contributed by atoms with Crippen molar-refractivity contribution < 1.29 is 21.6 Å². The first-order valence-corrected chi connectivity index (χ1v) is 12.9. The zero-order valence-electron chi connectivity index (χ0n) is 19.1. The maximum Gasteiger partial charge on any atom is 0.511 e. The Morgan fingerprint density at radius 3 is 2.52 bits per heavy atom. The molecule has 0 unspecified atom stereocenters. The lowest BCUT2D eigenvalue weighted by molar-refractivity contribution is -0.0492. The Morgan fingerprint density at radius 2 is 1.88 bits per heavy atom. The van der Waals surface area contributed by atoms with E-state index in [0.717, 1.165) is 36.2 Å². The number of anilines is 1. The van der Waals surface area contributed by atoms with Crippen LogP contribution in [0.2, 0.25) is 0 Å². The van der Waals surface area contributed by atoms with E-state index in [9.17, 15) is 21.6 Å². The second kappa shape index (κ2) is 9.29. The van der Waals surface area contributed by atoms with E-state index < -0.39 is 15.5 Å². The van der Waals surface area contributed by atoms with Gasteiger partial charge in [-0.3, -0.25) is 0 Å². The average Bonchev–Trinajstić information content (AvgIpc) is 3.36. The van der Waals surface area contributed by atoms with Gasteiger partial charge in [0.1, 0.15) is 0 Å². The number of fused-ring (bicyclic) bond motifs is 1. The second-order valence-corrected chi connectivity index (χ2v) is 11.3. The predicted molar refractivity (Wildman–Crippen MR) is 121 cm³/mol. The highest BCUT2D eigenvalue weighted by Gasteiger charge is 2.51. The number of sulfonamides is 1. The average molecular weight is 485 g/mol. The van der Waals surface area contributed by atoms with Crippen LogP contribution in [-0.2, 0) is 30.2 Å². The van der Waals surface area contributed by atoms with Crippen LogP contribution in [0.15, 0.2) is 30.7 Å². The molecule has 6 nitrogen and oxygen atoms in total. The van der Waals surface area contributed by atoms with Gasteiger partial charge in [0.2, 0.25) is 0 Å². The van der Waals surface area contributed by atoms with Crippen LogP contribution in [0, 0.1) is 12.8 Å². The van der Waals surface area contributed by atoms with Gasteiger partial charge in [-0.25, -0.2) is 13.4 Å². The summed E-state index contributed by atoms with van der Waals surface area (Å²) in [4.78, 5) is 6.49.